The molecule has 0 aromatic carbocycles. The van der Waals surface area contributed by atoms with E-state index in [1.165, 1.54) is 0 Å². The summed E-state index contributed by atoms with van der Waals surface area (Å²) in [6, 6.07) is 1.49. The number of carbonyl (C=O) groups is 1. The minimum atomic E-state index is -0.238. The number of ether oxygens (including phenoxy) is 1. The summed E-state index contributed by atoms with van der Waals surface area (Å²) in [5, 5.41) is 7.12. The molecule has 2 rings (SSSR count). The van der Waals surface area contributed by atoms with Crippen LogP contribution >= 0.6 is 0 Å². The third kappa shape index (κ3) is 4.32. The fraction of sp³-hybridized carbons (Fsp3) is 0.533. The predicted molar refractivity (Wildman–Crippen MR) is 86.0 cm³/mol. The summed E-state index contributed by atoms with van der Waals surface area (Å²) >= 11 is 0. The van der Waals surface area contributed by atoms with Gasteiger partial charge in [0.1, 0.15) is 5.82 Å². The number of nitrogens with one attached hydrogen (secondary N) is 1. The Morgan fingerprint density at radius 1 is 1.48 bits per heavy atom. The fourth-order valence-corrected chi connectivity index (χ4v) is 2.35. The van der Waals surface area contributed by atoms with Gasteiger partial charge in [-0.05, 0) is 13.0 Å². The van der Waals surface area contributed by atoms with Gasteiger partial charge in [0.2, 0.25) is 0 Å². The van der Waals surface area contributed by atoms with E-state index in [1.807, 2.05) is 30.8 Å². The van der Waals surface area contributed by atoms with Gasteiger partial charge in [-0.15, -0.1) is 0 Å². The van der Waals surface area contributed by atoms with Crippen LogP contribution in [0.25, 0.3) is 0 Å². The number of nitrogens with zero attached hydrogens (tertiary/aromatic N) is 5. The lowest BCUT2D eigenvalue weighted by molar-refractivity contribution is 0.155. The van der Waals surface area contributed by atoms with E-state index >= 15 is 0 Å². The van der Waals surface area contributed by atoms with Crippen molar-refractivity contribution in [1.82, 2.24) is 29.5 Å². The maximum atomic E-state index is 12.4. The number of rotatable bonds is 7. The molecule has 0 aliphatic rings. The molecule has 2 aromatic heterocycles. The minimum Gasteiger partial charge on any atom is -0.382 e. The molecule has 8 nitrogen and oxygen atoms in total. The van der Waals surface area contributed by atoms with Crippen LogP contribution in [0, 0.1) is 6.92 Å². The normalized spacial score (nSPS) is 12.2. The van der Waals surface area contributed by atoms with Crippen LogP contribution in [-0.4, -0.2) is 57.6 Å². The Morgan fingerprint density at radius 2 is 2.26 bits per heavy atom. The van der Waals surface area contributed by atoms with Gasteiger partial charge in [-0.25, -0.2) is 9.78 Å². The van der Waals surface area contributed by atoms with E-state index in [0.717, 1.165) is 11.5 Å². The van der Waals surface area contributed by atoms with E-state index in [0.29, 0.717) is 19.7 Å². The van der Waals surface area contributed by atoms with Crippen molar-refractivity contribution in [3.05, 3.63) is 36.2 Å². The summed E-state index contributed by atoms with van der Waals surface area (Å²) in [5.74, 6) is 0.936. The highest BCUT2D eigenvalue weighted by Crippen LogP contribution is 2.12. The highest BCUT2D eigenvalue weighted by Gasteiger charge is 2.19. The fourth-order valence-electron chi connectivity index (χ4n) is 2.35. The van der Waals surface area contributed by atoms with Crippen LogP contribution in [0.5, 0.6) is 0 Å². The number of aromatic nitrogens is 4. The highest BCUT2D eigenvalue weighted by molar-refractivity contribution is 5.74. The summed E-state index contributed by atoms with van der Waals surface area (Å²) in [4.78, 5) is 18.2. The molecule has 1 N–H and O–H groups in total. The largest absolute Gasteiger partial charge is 0.382 e. The van der Waals surface area contributed by atoms with Gasteiger partial charge in [-0.2, -0.15) is 5.10 Å². The Bertz CT molecular complexity index is 635. The van der Waals surface area contributed by atoms with Crippen LogP contribution in [0.3, 0.4) is 0 Å². The molecule has 0 aliphatic carbocycles. The molecule has 2 aromatic rings. The van der Waals surface area contributed by atoms with E-state index in [2.05, 4.69) is 15.4 Å². The average molecular weight is 320 g/mol. The summed E-state index contributed by atoms with van der Waals surface area (Å²) < 4.78 is 8.96. The molecule has 23 heavy (non-hydrogen) atoms. The zero-order valence-corrected chi connectivity index (χ0v) is 14.1. The lowest BCUT2D eigenvalue weighted by Crippen LogP contribution is -2.42. The molecule has 2 amide bonds. The first kappa shape index (κ1) is 17.0. The standard InChI is InChI=1S/C15H24N6O2/c1-12-16-7-8-21(12)10-9-19(2)15(22)18-13(11-23-4)14-5-6-17-20(14)3/h5-8,13H,9-11H2,1-4H3,(H,18,22)/t13-/m1/s1. The van der Waals surface area contributed by atoms with Crippen molar-refractivity contribution in [3.8, 4) is 0 Å². The van der Waals surface area contributed by atoms with Gasteiger partial charge in [0.15, 0.2) is 0 Å². The first-order valence-electron chi connectivity index (χ1n) is 7.49. The SMILES string of the molecule is COC[C@@H](NC(=O)N(C)CCn1ccnc1C)c1ccnn1C. The number of aryl methyl sites for hydroxylation is 2. The monoisotopic (exact) mass is 320 g/mol. The van der Waals surface area contributed by atoms with E-state index in [1.54, 1.807) is 36.1 Å². The molecular formula is C15H24N6O2. The second kappa shape index (κ2) is 7.77. The quantitative estimate of drug-likeness (QED) is 0.824. The maximum Gasteiger partial charge on any atom is 0.317 e. The molecule has 0 saturated carbocycles. The third-order valence-corrected chi connectivity index (χ3v) is 3.79. The molecule has 0 bridgehead atoms. The number of imidazole rings is 1. The van der Waals surface area contributed by atoms with Gasteiger partial charge in [-0.3, -0.25) is 4.68 Å². The Labute approximate surface area is 136 Å². The summed E-state index contributed by atoms with van der Waals surface area (Å²) in [5.41, 5.74) is 0.902. The van der Waals surface area contributed by atoms with Gasteiger partial charge >= 0.3 is 6.03 Å². The topological polar surface area (TPSA) is 77.2 Å². The molecule has 0 unspecified atom stereocenters. The Hall–Kier alpha value is -2.35. The van der Waals surface area contributed by atoms with Crippen molar-refractivity contribution < 1.29 is 9.53 Å². The zero-order chi connectivity index (χ0) is 16.8. The average Bonchev–Trinajstić information content (AvgIpc) is 3.12. The van der Waals surface area contributed by atoms with E-state index in [4.69, 9.17) is 4.74 Å². The van der Waals surface area contributed by atoms with Crippen LogP contribution in [-0.2, 0) is 18.3 Å². The highest BCUT2D eigenvalue weighted by atomic mass is 16.5. The van der Waals surface area contributed by atoms with Crippen LogP contribution in [0.4, 0.5) is 4.79 Å². The van der Waals surface area contributed by atoms with E-state index < -0.39 is 0 Å². The third-order valence-electron chi connectivity index (χ3n) is 3.79. The number of hydrogen-bond donors (Lipinski definition) is 1. The molecule has 126 valence electrons. The lowest BCUT2D eigenvalue weighted by atomic mass is 10.2. The van der Waals surface area contributed by atoms with Crippen molar-refractivity contribution >= 4 is 6.03 Å². The maximum absolute atomic E-state index is 12.4. The molecule has 0 spiro atoms. The Kier molecular flexibility index (Phi) is 5.75. The molecular weight excluding hydrogens is 296 g/mol. The van der Waals surface area contributed by atoms with Crippen LogP contribution < -0.4 is 5.32 Å². The van der Waals surface area contributed by atoms with Crippen LogP contribution in [0.1, 0.15) is 17.6 Å². The summed E-state index contributed by atoms with van der Waals surface area (Å²) in [6.45, 7) is 3.63. The van der Waals surface area contributed by atoms with Crippen molar-refractivity contribution in [3.63, 3.8) is 0 Å². The zero-order valence-electron chi connectivity index (χ0n) is 14.1. The molecule has 1 atom stereocenters. The van der Waals surface area contributed by atoms with Gasteiger partial charge < -0.3 is 19.5 Å². The number of amides is 2. The van der Waals surface area contributed by atoms with E-state index in [-0.39, 0.29) is 12.1 Å². The summed E-state index contributed by atoms with van der Waals surface area (Å²) in [6.07, 6.45) is 5.37. The molecule has 0 saturated heterocycles. The predicted octanol–water partition coefficient (Wildman–Crippen LogP) is 0.954. The van der Waals surface area contributed by atoms with Crippen LogP contribution in [0.15, 0.2) is 24.7 Å². The minimum absolute atomic E-state index is 0.147. The number of urea groups is 1. The van der Waals surface area contributed by atoms with Crippen molar-refractivity contribution in [2.45, 2.75) is 19.5 Å². The molecule has 0 aliphatic heterocycles. The van der Waals surface area contributed by atoms with Gasteiger partial charge in [-0.1, -0.05) is 0 Å². The van der Waals surface area contributed by atoms with E-state index in [9.17, 15) is 4.79 Å². The smallest absolute Gasteiger partial charge is 0.317 e. The molecule has 8 heteroatoms. The Morgan fingerprint density at radius 3 is 2.83 bits per heavy atom. The van der Waals surface area contributed by atoms with Crippen molar-refractivity contribution in [1.29, 1.82) is 0 Å². The van der Waals surface area contributed by atoms with Gasteiger partial charge in [0.05, 0.1) is 18.3 Å². The summed E-state index contributed by atoms with van der Waals surface area (Å²) in [7, 11) is 5.23. The first-order chi connectivity index (χ1) is 11.0. The lowest BCUT2D eigenvalue weighted by Gasteiger charge is -2.23. The number of carbonyl (C=O) groups excluding carboxylic acids is 1. The van der Waals surface area contributed by atoms with Gasteiger partial charge in [0, 0.05) is 52.9 Å². The second-order valence-corrected chi connectivity index (χ2v) is 5.43. The number of likely N-dealkylation sites (N-methyl/N-ethyl adjacent to an activating group) is 1. The molecule has 2 heterocycles. The molecule has 0 radical (unpaired) electrons. The molecule has 0 fully saturated rings. The van der Waals surface area contributed by atoms with Crippen LogP contribution in [0.2, 0.25) is 0 Å². The first-order valence-corrected chi connectivity index (χ1v) is 7.49. The Balaban J connectivity index is 1.92. The second-order valence-electron chi connectivity index (χ2n) is 5.43. The van der Waals surface area contributed by atoms with Gasteiger partial charge in [0.25, 0.3) is 0 Å². The van der Waals surface area contributed by atoms with Crippen molar-refractivity contribution in [2.24, 2.45) is 7.05 Å². The van der Waals surface area contributed by atoms with Crippen molar-refractivity contribution in [2.75, 3.05) is 27.3 Å². The number of methoxy groups -OCH3 is 1. The number of hydrogen-bond acceptors (Lipinski definition) is 4.